The van der Waals surface area contributed by atoms with Crippen LogP contribution >= 0.6 is 11.3 Å². The van der Waals surface area contributed by atoms with E-state index >= 15 is 0 Å². The van der Waals surface area contributed by atoms with E-state index in [0.717, 1.165) is 37.4 Å². The number of rotatable bonds is 6. The van der Waals surface area contributed by atoms with Gasteiger partial charge in [-0.1, -0.05) is 18.2 Å². The van der Waals surface area contributed by atoms with Gasteiger partial charge in [-0.2, -0.15) is 4.31 Å². The Balaban J connectivity index is 1.58. The first-order valence-electron chi connectivity index (χ1n) is 11.2. The van der Waals surface area contributed by atoms with Gasteiger partial charge >= 0.3 is 0 Å². The molecule has 2 fully saturated rings. The number of hydrogen-bond acceptors (Lipinski definition) is 7. The highest BCUT2D eigenvalue weighted by molar-refractivity contribution is 7.91. The van der Waals surface area contributed by atoms with Crippen LogP contribution in [0.5, 0.6) is 0 Å². The largest absolute Gasteiger partial charge is 0.386 e. The molecule has 2 atom stereocenters. The van der Waals surface area contributed by atoms with E-state index in [2.05, 4.69) is 22.0 Å². The van der Waals surface area contributed by atoms with Gasteiger partial charge in [-0.25, -0.2) is 8.42 Å². The third kappa shape index (κ3) is 5.18. The fraction of sp³-hybridized carbons (Fsp3) is 0.565. The summed E-state index contributed by atoms with van der Waals surface area (Å²) in [5.74, 6) is 0. The molecule has 2 aliphatic rings. The number of piperazine rings is 2. The lowest BCUT2D eigenvalue weighted by molar-refractivity contribution is 0.0786. The van der Waals surface area contributed by atoms with Gasteiger partial charge in [-0.3, -0.25) is 4.90 Å². The first-order chi connectivity index (χ1) is 15.1. The Morgan fingerprint density at radius 3 is 2.50 bits per heavy atom. The Bertz CT molecular complexity index is 987. The minimum Gasteiger partial charge on any atom is -0.386 e. The summed E-state index contributed by atoms with van der Waals surface area (Å²) in [6.45, 7) is 11.0. The molecular formula is C23H34N4O3S2. The molecule has 176 valence electrons. The van der Waals surface area contributed by atoms with Gasteiger partial charge in [0.05, 0.1) is 11.6 Å². The maximum Gasteiger partial charge on any atom is 0.252 e. The average molecular weight is 479 g/mol. The van der Waals surface area contributed by atoms with E-state index in [1.54, 1.807) is 30.3 Å². The number of sulfonamides is 1. The lowest BCUT2D eigenvalue weighted by Crippen LogP contribution is -2.60. The van der Waals surface area contributed by atoms with Gasteiger partial charge in [-0.15, -0.1) is 11.3 Å². The van der Waals surface area contributed by atoms with Crippen molar-refractivity contribution < 1.29 is 13.5 Å². The summed E-state index contributed by atoms with van der Waals surface area (Å²) in [7, 11) is -3.47. The molecule has 0 radical (unpaired) electrons. The molecule has 0 aliphatic carbocycles. The van der Waals surface area contributed by atoms with Crippen molar-refractivity contribution in [2.45, 2.75) is 42.7 Å². The molecule has 2 N–H and O–H groups in total. The monoisotopic (exact) mass is 478 g/mol. The number of aliphatic hydroxyl groups is 1. The van der Waals surface area contributed by atoms with Crippen LogP contribution in [0.1, 0.15) is 26.3 Å². The molecule has 0 bridgehead atoms. The minimum atomic E-state index is -3.47. The number of nitrogens with zero attached hydrogens (tertiary/aromatic N) is 3. The summed E-state index contributed by atoms with van der Waals surface area (Å²) >= 11 is 1.28. The van der Waals surface area contributed by atoms with Crippen LogP contribution in [0, 0.1) is 0 Å². The Morgan fingerprint density at radius 1 is 1.12 bits per heavy atom. The van der Waals surface area contributed by atoms with Gasteiger partial charge in [0.1, 0.15) is 4.21 Å². The summed E-state index contributed by atoms with van der Waals surface area (Å²) in [6.07, 6.45) is 0. The quantitative estimate of drug-likeness (QED) is 0.663. The van der Waals surface area contributed by atoms with E-state index in [4.69, 9.17) is 0 Å². The van der Waals surface area contributed by atoms with Gasteiger partial charge in [-0.05, 0) is 49.9 Å². The van der Waals surface area contributed by atoms with Gasteiger partial charge in [0.15, 0.2) is 0 Å². The molecule has 32 heavy (non-hydrogen) atoms. The van der Waals surface area contributed by atoms with Gasteiger partial charge in [0, 0.05) is 57.5 Å². The van der Waals surface area contributed by atoms with Crippen LogP contribution in [-0.4, -0.2) is 80.6 Å². The van der Waals surface area contributed by atoms with Crippen molar-refractivity contribution in [3.05, 3.63) is 47.3 Å². The van der Waals surface area contributed by atoms with E-state index in [0.29, 0.717) is 29.9 Å². The Labute approximate surface area is 195 Å². The smallest absolute Gasteiger partial charge is 0.252 e. The lowest BCUT2D eigenvalue weighted by Gasteiger charge is -2.45. The number of benzene rings is 1. The molecule has 2 aliphatic heterocycles. The van der Waals surface area contributed by atoms with Crippen molar-refractivity contribution in [3.8, 4) is 0 Å². The second-order valence-corrected chi connectivity index (χ2v) is 12.5. The molecule has 1 aromatic heterocycles. The summed E-state index contributed by atoms with van der Waals surface area (Å²) in [5, 5.41) is 15.6. The zero-order valence-electron chi connectivity index (χ0n) is 19.1. The molecule has 3 heterocycles. The fourth-order valence-electron chi connectivity index (χ4n) is 4.62. The molecule has 1 aromatic carbocycles. The van der Waals surface area contributed by atoms with Gasteiger partial charge < -0.3 is 15.3 Å². The van der Waals surface area contributed by atoms with Crippen LogP contribution in [0.25, 0.3) is 0 Å². The van der Waals surface area contributed by atoms with E-state index in [1.165, 1.54) is 11.3 Å². The molecule has 7 nitrogen and oxygen atoms in total. The number of anilines is 1. The van der Waals surface area contributed by atoms with Gasteiger partial charge in [0.2, 0.25) is 0 Å². The summed E-state index contributed by atoms with van der Waals surface area (Å²) < 4.78 is 28.5. The topological polar surface area (TPSA) is 76.1 Å². The van der Waals surface area contributed by atoms with E-state index in [-0.39, 0.29) is 6.04 Å². The highest BCUT2D eigenvalue weighted by Gasteiger charge is 2.36. The molecule has 9 heteroatoms. The second-order valence-electron chi connectivity index (χ2n) is 9.36. The van der Waals surface area contributed by atoms with E-state index in [9.17, 15) is 13.5 Å². The fourth-order valence-corrected chi connectivity index (χ4v) is 7.23. The molecule has 2 saturated heterocycles. The zero-order valence-corrected chi connectivity index (χ0v) is 20.7. The Morgan fingerprint density at radius 2 is 1.88 bits per heavy atom. The van der Waals surface area contributed by atoms with E-state index < -0.39 is 15.6 Å². The van der Waals surface area contributed by atoms with Crippen LogP contribution in [0.4, 0.5) is 5.69 Å². The summed E-state index contributed by atoms with van der Waals surface area (Å²) in [5.41, 5.74) is 1.05. The van der Waals surface area contributed by atoms with Crippen LogP contribution in [0.2, 0.25) is 0 Å². The summed E-state index contributed by atoms with van der Waals surface area (Å²) in [4.78, 5) is 4.77. The van der Waals surface area contributed by atoms with Crippen LogP contribution < -0.4 is 10.2 Å². The van der Waals surface area contributed by atoms with Crippen molar-refractivity contribution >= 4 is 27.0 Å². The molecule has 2 aromatic rings. The summed E-state index contributed by atoms with van der Waals surface area (Å²) in [6, 6.07) is 12.0. The number of nitrogens with one attached hydrogen (secondary N) is 1. The minimum absolute atomic E-state index is 0.0526. The maximum absolute atomic E-state index is 13.2. The maximum atomic E-state index is 13.2. The third-order valence-corrected chi connectivity index (χ3v) is 9.60. The highest BCUT2D eigenvalue weighted by atomic mass is 32.2. The third-order valence-electron chi connectivity index (χ3n) is 6.36. The first kappa shape index (κ1) is 23.7. The molecular weight excluding hydrogens is 444 g/mol. The predicted molar refractivity (Wildman–Crippen MR) is 130 cm³/mol. The van der Waals surface area contributed by atoms with Gasteiger partial charge in [0.25, 0.3) is 10.0 Å². The van der Waals surface area contributed by atoms with Crippen molar-refractivity contribution in [1.29, 1.82) is 0 Å². The van der Waals surface area contributed by atoms with Crippen molar-refractivity contribution in [2.24, 2.45) is 0 Å². The lowest BCUT2D eigenvalue weighted by atomic mass is 9.98. The van der Waals surface area contributed by atoms with Crippen LogP contribution in [0.15, 0.2) is 46.0 Å². The molecule has 0 amide bonds. The number of hydrogen-bond donors (Lipinski definition) is 2. The van der Waals surface area contributed by atoms with Crippen molar-refractivity contribution in [1.82, 2.24) is 14.5 Å². The average Bonchev–Trinajstić information content (AvgIpc) is 3.29. The van der Waals surface area contributed by atoms with Crippen molar-refractivity contribution in [3.63, 3.8) is 0 Å². The SMILES string of the molecule is C[C@@H]1CN(C[C@H]2CN(S(=O)(=O)c3cccs3)CCN2c2ccc(C(C)(C)O)cc2)CCN1. The Hall–Kier alpha value is -1.49. The number of thiophene rings is 1. The normalized spacial score (nSPS) is 24.1. The van der Waals surface area contributed by atoms with E-state index in [1.807, 2.05) is 29.6 Å². The first-order valence-corrected chi connectivity index (χ1v) is 13.6. The second kappa shape index (κ2) is 9.40. The predicted octanol–water partition coefficient (Wildman–Crippen LogP) is 2.15. The van der Waals surface area contributed by atoms with Crippen LogP contribution in [-0.2, 0) is 15.6 Å². The standard InChI is InChI=1S/C23H34N4O3S2/c1-18-15-25(11-10-24-18)16-21-17-26(32(29,30)22-5-4-14-31-22)12-13-27(21)20-8-6-19(7-9-20)23(2,3)28/h4-9,14,18,21,24,28H,10-13,15-17H2,1-3H3/t18-,21+/m1/s1. The highest BCUT2D eigenvalue weighted by Crippen LogP contribution is 2.29. The molecule has 0 saturated carbocycles. The van der Waals surface area contributed by atoms with Crippen LogP contribution in [0.3, 0.4) is 0 Å². The molecule has 0 spiro atoms. The molecule has 0 unspecified atom stereocenters. The Kier molecular flexibility index (Phi) is 6.95. The zero-order chi connectivity index (χ0) is 22.9. The molecule has 4 rings (SSSR count). The van der Waals surface area contributed by atoms with Crippen molar-refractivity contribution in [2.75, 3.05) is 50.7 Å².